The Bertz CT molecular complexity index is 704. The van der Waals surface area contributed by atoms with Crippen molar-refractivity contribution < 1.29 is 14.7 Å². The molecule has 2 aromatic rings. The maximum Gasteiger partial charge on any atom is 0.326 e. The molecule has 1 atom stereocenters. The van der Waals surface area contributed by atoms with E-state index in [0.717, 1.165) is 6.42 Å². The van der Waals surface area contributed by atoms with Crippen LogP contribution in [0.25, 0.3) is 10.8 Å². The summed E-state index contributed by atoms with van der Waals surface area (Å²) in [4.78, 5) is 23.2. The van der Waals surface area contributed by atoms with Gasteiger partial charge in [0.2, 0.25) is 5.91 Å². The molecular weight excluding hydrogens is 302 g/mol. The predicted octanol–water partition coefficient (Wildman–Crippen LogP) is 3.78. The molecule has 4 nitrogen and oxygen atoms in total. The van der Waals surface area contributed by atoms with Gasteiger partial charge in [0.1, 0.15) is 6.04 Å². The van der Waals surface area contributed by atoms with E-state index in [4.69, 9.17) is 0 Å². The molecule has 0 spiro atoms. The second-order valence-electron chi connectivity index (χ2n) is 6.58. The van der Waals surface area contributed by atoms with Crippen LogP contribution in [-0.4, -0.2) is 23.0 Å². The fraction of sp³-hybridized carbons (Fsp3) is 0.400. The number of carboxylic acid groups (broad SMARTS) is 1. The molecule has 0 bridgehead atoms. The average Bonchev–Trinajstić information content (AvgIpc) is 2.54. The SMILES string of the molecule is CC(C)C[C@H](NC(=O)CCCc1cccc2ccccc12)C(=O)O. The number of aliphatic carboxylic acids is 1. The second kappa shape index (κ2) is 8.48. The Labute approximate surface area is 142 Å². The molecule has 1 amide bonds. The summed E-state index contributed by atoms with van der Waals surface area (Å²) in [5, 5.41) is 14.2. The van der Waals surface area contributed by atoms with E-state index in [9.17, 15) is 14.7 Å². The van der Waals surface area contributed by atoms with Gasteiger partial charge in [-0.25, -0.2) is 4.79 Å². The van der Waals surface area contributed by atoms with Crippen LogP contribution in [-0.2, 0) is 16.0 Å². The van der Waals surface area contributed by atoms with Gasteiger partial charge < -0.3 is 10.4 Å². The number of hydrogen-bond acceptors (Lipinski definition) is 2. The molecule has 0 fully saturated rings. The van der Waals surface area contributed by atoms with Crippen molar-refractivity contribution in [2.45, 2.75) is 45.6 Å². The minimum Gasteiger partial charge on any atom is -0.480 e. The van der Waals surface area contributed by atoms with Crippen LogP contribution in [0.15, 0.2) is 42.5 Å². The van der Waals surface area contributed by atoms with Crippen molar-refractivity contribution in [1.29, 1.82) is 0 Å². The van der Waals surface area contributed by atoms with Crippen LogP contribution in [0.5, 0.6) is 0 Å². The van der Waals surface area contributed by atoms with E-state index in [1.807, 2.05) is 32.0 Å². The van der Waals surface area contributed by atoms with Gasteiger partial charge in [-0.1, -0.05) is 56.3 Å². The molecule has 0 aliphatic heterocycles. The molecular formula is C20H25NO3. The molecule has 0 heterocycles. The van der Waals surface area contributed by atoms with Gasteiger partial charge in [-0.15, -0.1) is 0 Å². The Balaban J connectivity index is 1.89. The van der Waals surface area contributed by atoms with E-state index in [1.165, 1.54) is 16.3 Å². The van der Waals surface area contributed by atoms with E-state index in [2.05, 4.69) is 29.6 Å². The van der Waals surface area contributed by atoms with Crippen LogP contribution in [0.1, 0.15) is 38.7 Å². The maximum absolute atomic E-state index is 12.0. The third kappa shape index (κ3) is 5.08. The molecule has 0 aliphatic rings. The lowest BCUT2D eigenvalue weighted by Gasteiger charge is -2.16. The van der Waals surface area contributed by atoms with Gasteiger partial charge in [0.15, 0.2) is 0 Å². The van der Waals surface area contributed by atoms with Crippen molar-refractivity contribution >= 4 is 22.6 Å². The van der Waals surface area contributed by atoms with Crippen LogP contribution in [0.3, 0.4) is 0 Å². The van der Waals surface area contributed by atoms with Crippen molar-refractivity contribution in [2.24, 2.45) is 5.92 Å². The molecule has 4 heteroatoms. The predicted molar refractivity (Wildman–Crippen MR) is 95.9 cm³/mol. The Morgan fingerprint density at radius 3 is 2.50 bits per heavy atom. The Kier molecular flexibility index (Phi) is 6.36. The van der Waals surface area contributed by atoms with E-state index in [-0.39, 0.29) is 11.8 Å². The number of aryl methyl sites for hydroxylation is 1. The summed E-state index contributed by atoms with van der Waals surface area (Å²) < 4.78 is 0. The smallest absolute Gasteiger partial charge is 0.326 e. The van der Waals surface area contributed by atoms with E-state index in [0.29, 0.717) is 19.3 Å². The minimum absolute atomic E-state index is 0.191. The van der Waals surface area contributed by atoms with E-state index < -0.39 is 12.0 Å². The first-order chi connectivity index (χ1) is 11.5. The first-order valence-corrected chi connectivity index (χ1v) is 8.46. The lowest BCUT2D eigenvalue weighted by molar-refractivity contribution is -0.142. The lowest BCUT2D eigenvalue weighted by atomic mass is 10.00. The Morgan fingerprint density at radius 2 is 1.79 bits per heavy atom. The first-order valence-electron chi connectivity index (χ1n) is 8.46. The Morgan fingerprint density at radius 1 is 1.08 bits per heavy atom. The molecule has 2 N–H and O–H groups in total. The normalized spacial score (nSPS) is 12.3. The van der Waals surface area contributed by atoms with E-state index >= 15 is 0 Å². The molecule has 24 heavy (non-hydrogen) atoms. The summed E-state index contributed by atoms with van der Waals surface area (Å²) in [5.74, 6) is -0.934. The monoisotopic (exact) mass is 327 g/mol. The quantitative estimate of drug-likeness (QED) is 0.775. The van der Waals surface area contributed by atoms with Gasteiger partial charge in [0.25, 0.3) is 0 Å². The zero-order valence-corrected chi connectivity index (χ0v) is 14.3. The zero-order valence-electron chi connectivity index (χ0n) is 14.3. The summed E-state index contributed by atoms with van der Waals surface area (Å²) in [6.07, 6.45) is 2.29. The van der Waals surface area contributed by atoms with Crippen LogP contribution >= 0.6 is 0 Å². The summed E-state index contributed by atoms with van der Waals surface area (Å²) >= 11 is 0. The number of amides is 1. The standard InChI is InChI=1S/C20H25NO3/c1-14(2)13-18(20(23)24)21-19(22)12-6-10-16-9-5-8-15-7-3-4-11-17(15)16/h3-5,7-9,11,14,18H,6,10,12-13H2,1-2H3,(H,21,22)(H,23,24)/t18-/m0/s1. The number of carboxylic acids is 1. The van der Waals surface area contributed by atoms with Crippen LogP contribution in [0.4, 0.5) is 0 Å². The highest BCUT2D eigenvalue weighted by Gasteiger charge is 2.20. The van der Waals surface area contributed by atoms with Gasteiger partial charge in [-0.05, 0) is 41.5 Å². The molecule has 0 saturated carbocycles. The largest absolute Gasteiger partial charge is 0.480 e. The summed E-state index contributed by atoms with van der Waals surface area (Å²) in [6, 6.07) is 13.6. The van der Waals surface area contributed by atoms with Gasteiger partial charge in [0, 0.05) is 6.42 Å². The van der Waals surface area contributed by atoms with Crippen LogP contribution < -0.4 is 5.32 Å². The average molecular weight is 327 g/mol. The lowest BCUT2D eigenvalue weighted by Crippen LogP contribution is -2.41. The fourth-order valence-corrected chi connectivity index (χ4v) is 2.91. The van der Waals surface area contributed by atoms with Crippen molar-refractivity contribution in [1.82, 2.24) is 5.32 Å². The maximum atomic E-state index is 12.0. The fourth-order valence-electron chi connectivity index (χ4n) is 2.91. The second-order valence-corrected chi connectivity index (χ2v) is 6.58. The highest BCUT2D eigenvalue weighted by molar-refractivity contribution is 5.86. The van der Waals surface area contributed by atoms with Gasteiger partial charge >= 0.3 is 5.97 Å². The summed E-state index contributed by atoms with van der Waals surface area (Å²) in [5.41, 5.74) is 1.22. The first kappa shape index (κ1) is 18.0. The van der Waals surface area contributed by atoms with Gasteiger partial charge in [-0.2, -0.15) is 0 Å². The molecule has 0 radical (unpaired) electrons. The van der Waals surface area contributed by atoms with Crippen molar-refractivity contribution in [3.63, 3.8) is 0 Å². The van der Waals surface area contributed by atoms with Crippen molar-refractivity contribution in [3.05, 3.63) is 48.0 Å². The number of carbonyl (C=O) groups excluding carboxylic acids is 1. The van der Waals surface area contributed by atoms with Crippen LogP contribution in [0.2, 0.25) is 0 Å². The number of rotatable bonds is 8. The molecule has 2 aromatic carbocycles. The van der Waals surface area contributed by atoms with Crippen LogP contribution in [0, 0.1) is 5.92 Å². The molecule has 0 unspecified atom stereocenters. The number of carbonyl (C=O) groups is 2. The number of hydrogen-bond donors (Lipinski definition) is 2. The third-order valence-corrected chi connectivity index (χ3v) is 4.07. The van der Waals surface area contributed by atoms with Gasteiger partial charge in [-0.3, -0.25) is 4.79 Å². The zero-order chi connectivity index (χ0) is 17.5. The molecule has 0 aliphatic carbocycles. The molecule has 0 saturated heterocycles. The summed E-state index contributed by atoms with van der Waals surface area (Å²) in [6.45, 7) is 3.89. The van der Waals surface area contributed by atoms with Crippen molar-refractivity contribution in [2.75, 3.05) is 0 Å². The number of nitrogens with one attached hydrogen (secondary N) is 1. The highest BCUT2D eigenvalue weighted by atomic mass is 16.4. The molecule has 2 rings (SSSR count). The van der Waals surface area contributed by atoms with E-state index in [1.54, 1.807) is 0 Å². The number of fused-ring (bicyclic) bond motifs is 1. The molecule has 0 aromatic heterocycles. The third-order valence-electron chi connectivity index (χ3n) is 4.07. The Hall–Kier alpha value is -2.36. The van der Waals surface area contributed by atoms with Crippen molar-refractivity contribution in [3.8, 4) is 0 Å². The summed E-state index contributed by atoms with van der Waals surface area (Å²) in [7, 11) is 0. The number of benzene rings is 2. The minimum atomic E-state index is -0.967. The topological polar surface area (TPSA) is 66.4 Å². The molecule has 128 valence electrons. The highest BCUT2D eigenvalue weighted by Crippen LogP contribution is 2.20. The van der Waals surface area contributed by atoms with Gasteiger partial charge in [0.05, 0.1) is 0 Å².